The van der Waals surface area contributed by atoms with Gasteiger partial charge in [-0.25, -0.2) is 0 Å². The second-order valence-corrected chi connectivity index (χ2v) is 3.77. The van der Waals surface area contributed by atoms with Crippen LogP contribution in [0.25, 0.3) is 0 Å². The topological polar surface area (TPSA) is 46.2 Å². The zero-order valence-corrected chi connectivity index (χ0v) is 8.76. The van der Waals surface area contributed by atoms with Gasteiger partial charge in [-0.1, -0.05) is 12.1 Å². The summed E-state index contributed by atoms with van der Waals surface area (Å²) in [7, 11) is 0. The third-order valence-corrected chi connectivity index (χ3v) is 2.98. The Morgan fingerprint density at radius 3 is 2.87 bits per heavy atom. The van der Waals surface area contributed by atoms with Crippen LogP contribution in [0.3, 0.4) is 0 Å². The van der Waals surface area contributed by atoms with E-state index in [9.17, 15) is 9.59 Å². The molecule has 1 unspecified atom stereocenters. The lowest BCUT2D eigenvalue weighted by atomic mass is 9.82. The first kappa shape index (κ1) is 10.2. The summed E-state index contributed by atoms with van der Waals surface area (Å²) in [6.45, 7) is 0.651. The highest BCUT2D eigenvalue weighted by atomic mass is 35.5. The smallest absolute Gasteiger partial charge is 0.170 e. The molecule has 1 aromatic carbocycles. The van der Waals surface area contributed by atoms with E-state index in [2.05, 4.69) is 5.32 Å². The zero-order chi connectivity index (χ0) is 9.71. The molecule has 78 valence electrons. The van der Waals surface area contributed by atoms with E-state index < -0.39 is 0 Å². The highest BCUT2D eigenvalue weighted by Crippen LogP contribution is 2.39. The van der Waals surface area contributed by atoms with Crippen molar-refractivity contribution in [2.75, 3.05) is 11.9 Å². The number of anilines is 1. The average molecular weight is 224 g/mol. The van der Waals surface area contributed by atoms with Crippen LogP contribution >= 0.6 is 12.4 Å². The molecule has 0 bridgehead atoms. The van der Waals surface area contributed by atoms with Gasteiger partial charge in [-0.05, 0) is 11.6 Å². The number of nitrogens with one attached hydrogen (secondary N) is 1. The normalized spacial score (nSPS) is 21.7. The van der Waals surface area contributed by atoms with Gasteiger partial charge in [0.05, 0.1) is 12.3 Å². The third kappa shape index (κ3) is 1.27. The maximum absolute atomic E-state index is 11.6. The number of benzene rings is 1. The SMILES string of the molecule is Cl.O=C1CC(=O)C2CNc3cccc1c32. The van der Waals surface area contributed by atoms with Crippen LogP contribution in [-0.2, 0) is 4.79 Å². The Hall–Kier alpha value is -1.35. The lowest BCUT2D eigenvalue weighted by molar-refractivity contribution is -0.119. The number of carbonyl (C=O) groups is 2. The Morgan fingerprint density at radius 1 is 1.27 bits per heavy atom. The van der Waals surface area contributed by atoms with Gasteiger partial charge in [0.15, 0.2) is 5.78 Å². The fourth-order valence-corrected chi connectivity index (χ4v) is 2.30. The molecule has 2 aliphatic rings. The van der Waals surface area contributed by atoms with Gasteiger partial charge in [0.2, 0.25) is 0 Å². The monoisotopic (exact) mass is 223 g/mol. The maximum atomic E-state index is 11.6. The van der Waals surface area contributed by atoms with Crippen molar-refractivity contribution in [2.45, 2.75) is 12.3 Å². The number of carbonyl (C=O) groups excluding carboxylic acids is 2. The zero-order valence-electron chi connectivity index (χ0n) is 7.95. The highest BCUT2D eigenvalue weighted by molar-refractivity contribution is 6.16. The third-order valence-electron chi connectivity index (χ3n) is 2.98. The van der Waals surface area contributed by atoms with Crippen molar-refractivity contribution >= 4 is 29.7 Å². The first-order valence-corrected chi connectivity index (χ1v) is 4.70. The molecule has 0 saturated carbocycles. The van der Waals surface area contributed by atoms with Gasteiger partial charge in [-0.2, -0.15) is 0 Å². The maximum Gasteiger partial charge on any atom is 0.170 e. The Kier molecular flexibility index (Phi) is 2.27. The Balaban J connectivity index is 0.000000853. The molecule has 1 atom stereocenters. The predicted octanol–water partition coefficient (Wildman–Crippen LogP) is 1.77. The minimum Gasteiger partial charge on any atom is -0.384 e. The van der Waals surface area contributed by atoms with Crippen LogP contribution < -0.4 is 5.32 Å². The van der Waals surface area contributed by atoms with Gasteiger partial charge in [0.1, 0.15) is 5.78 Å². The van der Waals surface area contributed by atoms with Crippen molar-refractivity contribution in [2.24, 2.45) is 0 Å². The molecule has 1 N–H and O–H groups in total. The van der Waals surface area contributed by atoms with Crippen LogP contribution in [0.5, 0.6) is 0 Å². The van der Waals surface area contributed by atoms with Gasteiger partial charge in [0.25, 0.3) is 0 Å². The summed E-state index contributed by atoms with van der Waals surface area (Å²) in [5.74, 6) is -0.0642. The summed E-state index contributed by atoms with van der Waals surface area (Å²) in [4.78, 5) is 23.1. The molecule has 3 rings (SSSR count). The summed E-state index contributed by atoms with van der Waals surface area (Å²) >= 11 is 0. The van der Waals surface area contributed by atoms with E-state index in [1.165, 1.54) is 0 Å². The Bertz CT molecular complexity index is 456. The number of hydrogen-bond donors (Lipinski definition) is 1. The second-order valence-electron chi connectivity index (χ2n) is 3.77. The summed E-state index contributed by atoms with van der Waals surface area (Å²) < 4.78 is 0. The summed E-state index contributed by atoms with van der Waals surface area (Å²) in [5.41, 5.74) is 2.61. The number of halogens is 1. The molecule has 1 heterocycles. The quantitative estimate of drug-likeness (QED) is 0.682. The Morgan fingerprint density at radius 2 is 2.07 bits per heavy atom. The van der Waals surface area contributed by atoms with Crippen molar-refractivity contribution in [3.63, 3.8) is 0 Å². The van der Waals surface area contributed by atoms with Gasteiger partial charge in [0, 0.05) is 17.8 Å². The molecule has 0 fully saturated rings. The second kappa shape index (κ2) is 3.35. The first-order valence-electron chi connectivity index (χ1n) is 4.70. The molecule has 15 heavy (non-hydrogen) atoms. The van der Waals surface area contributed by atoms with Gasteiger partial charge in [-0.3, -0.25) is 9.59 Å². The number of hydrogen-bond acceptors (Lipinski definition) is 3. The lowest BCUT2D eigenvalue weighted by Crippen LogP contribution is -2.24. The van der Waals surface area contributed by atoms with Gasteiger partial charge >= 0.3 is 0 Å². The largest absolute Gasteiger partial charge is 0.384 e. The van der Waals surface area contributed by atoms with Crippen LogP contribution in [0.2, 0.25) is 0 Å². The van der Waals surface area contributed by atoms with E-state index in [4.69, 9.17) is 0 Å². The van der Waals surface area contributed by atoms with Crippen molar-refractivity contribution in [1.29, 1.82) is 0 Å². The summed E-state index contributed by atoms with van der Waals surface area (Å²) in [6, 6.07) is 5.59. The minimum atomic E-state index is -0.0844. The molecule has 1 aliphatic carbocycles. The van der Waals surface area contributed by atoms with Crippen LogP contribution in [0, 0.1) is 0 Å². The predicted molar refractivity (Wildman–Crippen MR) is 58.9 cm³/mol. The van der Waals surface area contributed by atoms with Crippen LogP contribution in [0.15, 0.2) is 18.2 Å². The van der Waals surface area contributed by atoms with Gasteiger partial charge in [-0.15, -0.1) is 12.4 Å². The molecule has 0 spiro atoms. The Labute approximate surface area is 93.3 Å². The van der Waals surface area contributed by atoms with Crippen LogP contribution in [0.4, 0.5) is 5.69 Å². The molecular formula is C11H10ClNO2. The van der Waals surface area contributed by atoms with Crippen molar-refractivity contribution in [3.8, 4) is 0 Å². The van der Waals surface area contributed by atoms with E-state index in [0.29, 0.717) is 6.54 Å². The summed E-state index contributed by atoms with van der Waals surface area (Å²) in [5, 5.41) is 3.16. The molecule has 0 amide bonds. The molecule has 1 aromatic rings. The van der Waals surface area contributed by atoms with E-state index in [-0.39, 0.29) is 36.3 Å². The van der Waals surface area contributed by atoms with Gasteiger partial charge < -0.3 is 5.32 Å². The standard InChI is InChI=1S/C11H9NO2.ClH/c13-9-4-10(14)7-5-12-8-3-1-2-6(9)11(7)8;/h1-3,7,12H,4-5H2;1H. The minimum absolute atomic E-state index is 0. The van der Waals surface area contributed by atoms with Crippen LogP contribution in [0.1, 0.15) is 28.3 Å². The van der Waals surface area contributed by atoms with E-state index in [1.807, 2.05) is 18.2 Å². The molecule has 0 aromatic heterocycles. The van der Waals surface area contributed by atoms with Crippen molar-refractivity contribution < 1.29 is 9.59 Å². The van der Waals surface area contributed by atoms with Crippen molar-refractivity contribution in [3.05, 3.63) is 29.3 Å². The molecule has 3 nitrogen and oxygen atoms in total. The number of rotatable bonds is 0. The average Bonchev–Trinajstić information content (AvgIpc) is 2.59. The summed E-state index contributed by atoms with van der Waals surface area (Å²) in [6.07, 6.45) is 0.0722. The fraction of sp³-hybridized carbons (Fsp3) is 0.273. The molecule has 4 heteroatoms. The molecular weight excluding hydrogens is 214 g/mol. The van der Waals surface area contributed by atoms with E-state index >= 15 is 0 Å². The fourth-order valence-electron chi connectivity index (χ4n) is 2.30. The molecule has 0 radical (unpaired) electrons. The highest BCUT2D eigenvalue weighted by Gasteiger charge is 2.37. The van der Waals surface area contributed by atoms with E-state index in [1.54, 1.807) is 0 Å². The van der Waals surface area contributed by atoms with E-state index in [0.717, 1.165) is 16.8 Å². The molecule has 1 aliphatic heterocycles. The first-order chi connectivity index (χ1) is 6.77. The van der Waals surface area contributed by atoms with Crippen molar-refractivity contribution in [1.82, 2.24) is 0 Å². The van der Waals surface area contributed by atoms with Crippen LogP contribution in [-0.4, -0.2) is 18.1 Å². The number of Topliss-reactive ketones (excluding diaryl/α,β-unsaturated/α-hetero) is 2. The lowest BCUT2D eigenvalue weighted by Gasteiger charge is -2.17. The molecule has 0 saturated heterocycles. The number of ketones is 2.